The lowest BCUT2D eigenvalue weighted by Gasteiger charge is -2.39. The number of halogens is 3. The Morgan fingerprint density at radius 2 is 1.84 bits per heavy atom. The van der Waals surface area contributed by atoms with Crippen LogP contribution in [0.3, 0.4) is 0 Å². The highest BCUT2D eigenvalue weighted by molar-refractivity contribution is 5.76. The lowest BCUT2D eigenvalue weighted by atomic mass is 10.1. The van der Waals surface area contributed by atoms with E-state index in [1.807, 2.05) is 9.80 Å². The molecule has 0 bridgehead atoms. The predicted octanol–water partition coefficient (Wildman–Crippen LogP) is 1.20. The Morgan fingerprint density at radius 3 is 2.32 bits per heavy atom. The maximum absolute atomic E-state index is 12.2. The van der Waals surface area contributed by atoms with Crippen LogP contribution in [-0.4, -0.2) is 68.2 Å². The molecule has 9 heteroatoms. The van der Waals surface area contributed by atoms with Gasteiger partial charge in [-0.1, -0.05) is 0 Å². The highest BCUT2D eigenvalue weighted by atomic mass is 19.4. The van der Waals surface area contributed by atoms with Crippen LogP contribution in [0.4, 0.5) is 18.9 Å². The largest absolute Gasteiger partial charge is 0.573 e. The molecular formula is C16H22F3N3O3. The number of carbonyl (C=O) groups excluding carboxylic acids is 1. The highest BCUT2D eigenvalue weighted by Gasteiger charge is 2.31. The highest BCUT2D eigenvalue weighted by Crippen LogP contribution is 2.26. The number of alkyl halides is 3. The fraction of sp³-hybridized carbons (Fsp3) is 0.562. The van der Waals surface area contributed by atoms with Crippen molar-refractivity contribution in [1.82, 2.24) is 10.2 Å². The van der Waals surface area contributed by atoms with Gasteiger partial charge in [0.1, 0.15) is 5.75 Å². The summed E-state index contributed by atoms with van der Waals surface area (Å²) in [5.41, 5.74) is 0.807. The maximum atomic E-state index is 12.2. The van der Waals surface area contributed by atoms with E-state index in [1.165, 1.54) is 12.1 Å². The number of ether oxygens (including phenoxy) is 1. The summed E-state index contributed by atoms with van der Waals surface area (Å²) in [6, 6.07) is 5.52. The SMILES string of the molecule is CNC(=O)CC(CO)N1CCN(c2ccc(OC(F)(F)F)cc2)CC1. The van der Waals surface area contributed by atoms with Gasteiger partial charge in [-0.15, -0.1) is 13.2 Å². The lowest BCUT2D eigenvalue weighted by Crippen LogP contribution is -2.52. The van der Waals surface area contributed by atoms with Crippen LogP contribution >= 0.6 is 0 Å². The summed E-state index contributed by atoms with van der Waals surface area (Å²) < 4.78 is 40.4. The van der Waals surface area contributed by atoms with Gasteiger partial charge in [0.05, 0.1) is 6.61 Å². The van der Waals surface area contributed by atoms with Crippen LogP contribution in [0.15, 0.2) is 24.3 Å². The van der Waals surface area contributed by atoms with Gasteiger partial charge in [-0.2, -0.15) is 0 Å². The van der Waals surface area contributed by atoms with Crippen LogP contribution in [-0.2, 0) is 4.79 Å². The van der Waals surface area contributed by atoms with E-state index in [4.69, 9.17) is 0 Å². The summed E-state index contributed by atoms with van der Waals surface area (Å²) in [6.45, 7) is 2.52. The summed E-state index contributed by atoms with van der Waals surface area (Å²) in [5, 5.41) is 12.0. The van der Waals surface area contributed by atoms with Gasteiger partial charge < -0.3 is 20.1 Å². The van der Waals surface area contributed by atoms with Crippen molar-refractivity contribution >= 4 is 11.6 Å². The van der Waals surface area contributed by atoms with Gasteiger partial charge in [0.25, 0.3) is 0 Å². The molecule has 6 nitrogen and oxygen atoms in total. The van der Waals surface area contributed by atoms with Crippen molar-refractivity contribution in [2.75, 3.05) is 44.7 Å². The molecule has 0 radical (unpaired) electrons. The van der Waals surface area contributed by atoms with E-state index in [-0.39, 0.29) is 30.7 Å². The molecule has 1 aromatic carbocycles. The standard InChI is InChI=1S/C16H22F3N3O3/c1-20-15(24)10-13(11-23)22-8-6-21(7-9-22)12-2-4-14(5-3-12)25-16(17,18)19/h2-5,13,23H,6-11H2,1H3,(H,20,24). The summed E-state index contributed by atoms with van der Waals surface area (Å²) in [4.78, 5) is 15.6. The normalized spacial score (nSPS) is 17.2. The smallest absolute Gasteiger partial charge is 0.406 e. The van der Waals surface area contributed by atoms with Crippen molar-refractivity contribution in [2.24, 2.45) is 0 Å². The van der Waals surface area contributed by atoms with Crippen LogP contribution in [0, 0.1) is 0 Å². The lowest BCUT2D eigenvalue weighted by molar-refractivity contribution is -0.274. The average Bonchev–Trinajstić information content (AvgIpc) is 2.59. The van der Waals surface area contributed by atoms with Gasteiger partial charge >= 0.3 is 6.36 Å². The Labute approximate surface area is 144 Å². The Bertz CT molecular complexity index is 558. The monoisotopic (exact) mass is 361 g/mol. The number of aliphatic hydroxyl groups excluding tert-OH is 1. The molecule has 1 aliphatic rings. The number of benzene rings is 1. The topological polar surface area (TPSA) is 65.0 Å². The zero-order chi connectivity index (χ0) is 18.4. The molecule has 1 heterocycles. The summed E-state index contributed by atoms with van der Waals surface area (Å²) in [5.74, 6) is -0.373. The molecule has 1 aliphatic heterocycles. The Hall–Kier alpha value is -2.00. The number of aliphatic hydroxyl groups is 1. The number of nitrogens with zero attached hydrogens (tertiary/aromatic N) is 2. The molecule has 25 heavy (non-hydrogen) atoms. The second-order valence-electron chi connectivity index (χ2n) is 5.78. The van der Waals surface area contributed by atoms with Crippen LogP contribution in [0.25, 0.3) is 0 Å². The van der Waals surface area contributed by atoms with Gasteiger partial charge in [0, 0.05) is 51.4 Å². The van der Waals surface area contributed by atoms with E-state index in [1.54, 1.807) is 19.2 Å². The summed E-state index contributed by atoms with van der Waals surface area (Å²) >= 11 is 0. The zero-order valence-electron chi connectivity index (χ0n) is 13.9. The number of hydrogen-bond acceptors (Lipinski definition) is 5. The number of carbonyl (C=O) groups is 1. The predicted molar refractivity (Wildman–Crippen MR) is 86.5 cm³/mol. The van der Waals surface area contributed by atoms with E-state index in [0.29, 0.717) is 26.2 Å². The second-order valence-corrected chi connectivity index (χ2v) is 5.78. The molecule has 0 aliphatic carbocycles. The van der Waals surface area contributed by atoms with E-state index >= 15 is 0 Å². The average molecular weight is 361 g/mol. The quantitative estimate of drug-likeness (QED) is 0.797. The number of nitrogens with one attached hydrogen (secondary N) is 1. The first-order valence-corrected chi connectivity index (χ1v) is 7.98. The minimum atomic E-state index is -4.70. The van der Waals surface area contributed by atoms with Crippen LogP contribution in [0.2, 0.25) is 0 Å². The molecular weight excluding hydrogens is 339 g/mol. The van der Waals surface area contributed by atoms with Gasteiger partial charge in [0.15, 0.2) is 0 Å². The minimum absolute atomic E-state index is 0.100. The molecule has 2 rings (SSSR count). The van der Waals surface area contributed by atoms with Crippen molar-refractivity contribution in [3.8, 4) is 5.75 Å². The Balaban J connectivity index is 1.90. The van der Waals surface area contributed by atoms with E-state index < -0.39 is 6.36 Å². The third kappa shape index (κ3) is 5.79. The first-order valence-electron chi connectivity index (χ1n) is 7.98. The molecule has 1 amide bonds. The first kappa shape index (κ1) is 19.3. The molecule has 0 aromatic heterocycles. The van der Waals surface area contributed by atoms with E-state index in [2.05, 4.69) is 10.1 Å². The van der Waals surface area contributed by atoms with Crippen molar-refractivity contribution < 1.29 is 27.8 Å². The molecule has 1 saturated heterocycles. The first-order chi connectivity index (χ1) is 11.8. The van der Waals surface area contributed by atoms with Gasteiger partial charge in [-0.05, 0) is 24.3 Å². The van der Waals surface area contributed by atoms with Crippen molar-refractivity contribution in [3.63, 3.8) is 0 Å². The number of rotatable bonds is 6. The van der Waals surface area contributed by atoms with E-state index in [0.717, 1.165) is 5.69 Å². The molecule has 1 fully saturated rings. The molecule has 1 unspecified atom stereocenters. The van der Waals surface area contributed by atoms with Crippen molar-refractivity contribution in [2.45, 2.75) is 18.8 Å². The summed E-state index contributed by atoms with van der Waals surface area (Å²) in [6.07, 6.45) is -4.46. The van der Waals surface area contributed by atoms with Crippen LogP contribution < -0.4 is 15.0 Å². The van der Waals surface area contributed by atoms with Crippen molar-refractivity contribution in [3.05, 3.63) is 24.3 Å². The molecule has 0 saturated carbocycles. The van der Waals surface area contributed by atoms with Gasteiger partial charge in [-0.3, -0.25) is 9.69 Å². The van der Waals surface area contributed by atoms with Gasteiger partial charge in [0.2, 0.25) is 5.91 Å². The van der Waals surface area contributed by atoms with Gasteiger partial charge in [-0.25, -0.2) is 0 Å². The Morgan fingerprint density at radius 1 is 1.24 bits per heavy atom. The molecule has 1 aromatic rings. The summed E-state index contributed by atoms with van der Waals surface area (Å²) in [7, 11) is 1.56. The third-order valence-corrected chi connectivity index (χ3v) is 4.18. The molecule has 1 atom stereocenters. The number of anilines is 1. The number of amides is 1. The Kier molecular flexibility index (Phi) is 6.49. The fourth-order valence-corrected chi connectivity index (χ4v) is 2.83. The molecule has 140 valence electrons. The van der Waals surface area contributed by atoms with Crippen molar-refractivity contribution in [1.29, 1.82) is 0 Å². The fourth-order valence-electron chi connectivity index (χ4n) is 2.83. The van der Waals surface area contributed by atoms with Crippen LogP contribution in [0.5, 0.6) is 5.75 Å². The number of hydrogen-bond donors (Lipinski definition) is 2. The second kappa shape index (κ2) is 8.39. The van der Waals surface area contributed by atoms with E-state index in [9.17, 15) is 23.1 Å². The minimum Gasteiger partial charge on any atom is -0.406 e. The van der Waals surface area contributed by atoms with Crippen LogP contribution in [0.1, 0.15) is 6.42 Å². The third-order valence-electron chi connectivity index (χ3n) is 4.18. The maximum Gasteiger partial charge on any atom is 0.573 e. The molecule has 0 spiro atoms. The zero-order valence-corrected chi connectivity index (χ0v) is 13.9. The number of piperazine rings is 1. The molecule has 2 N–H and O–H groups in total.